The van der Waals surface area contributed by atoms with Crippen LogP contribution in [0.1, 0.15) is 16.8 Å². The molecule has 0 bridgehead atoms. The van der Waals surface area contributed by atoms with Gasteiger partial charge in [-0.3, -0.25) is 4.79 Å². The molecule has 2 unspecified atom stereocenters. The number of nitrogens with zero attached hydrogens (tertiary/aromatic N) is 1. The van der Waals surface area contributed by atoms with Crippen molar-refractivity contribution >= 4 is 11.9 Å². The zero-order chi connectivity index (χ0) is 15.6. The molecule has 0 aliphatic carbocycles. The highest BCUT2D eigenvalue weighted by atomic mass is 19.1. The minimum absolute atomic E-state index is 0.0261. The maximum absolute atomic E-state index is 13.4. The standard InChI is InChI=1S/C14H16FNO5/c1-20-12-5-8(3-4-10(12)15)13(18)16-7-9(17)6-11(16)14(19)21-2/h3-5,9,11,17H,6-7H2,1-2H3. The fraction of sp³-hybridized carbons (Fsp3) is 0.429. The number of carbonyl (C=O) groups is 2. The molecule has 1 saturated heterocycles. The summed E-state index contributed by atoms with van der Waals surface area (Å²) in [5.74, 6) is -1.72. The lowest BCUT2D eigenvalue weighted by molar-refractivity contribution is -0.145. The molecular formula is C14H16FNO5. The molecule has 7 heteroatoms. The Labute approximate surface area is 121 Å². The Morgan fingerprint density at radius 3 is 2.71 bits per heavy atom. The zero-order valence-electron chi connectivity index (χ0n) is 11.7. The Balaban J connectivity index is 2.27. The molecule has 2 atom stereocenters. The van der Waals surface area contributed by atoms with Gasteiger partial charge in [0.15, 0.2) is 11.6 Å². The van der Waals surface area contributed by atoms with E-state index in [0.717, 1.165) is 6.07 Å². The van der Waals surface area contributed by atoms with E-state index in [1.165, 1.54) is 31.3 Å². The number of carbonyl (C=O) groups excluding carboxylic acids is 2. The number of hydrogen-bond donors (Lipinski definition) is 1. The lowest BCUT2D eigenvalue weighted by Crippen LogP contribution is -2.41. The monoisotopic (exact) mass is 297 g/mol. The Morgan fingerprint density at radius 2 is 2.10 bits per heavy atom. The summed E-state index contributed by atoms with van der Waals surface area (Å²) in [7, 11) is 2.51. The summed E-state index contributed by atoms with van der Waals surface area (Å²) >= 11 is 0. The molecule has 0 radical (unpaired) electrons. The largest absolute Gasteiger partial charge is 0.494 e. The van der Waals surface area contributed by atoms with Crippen LogP contribution in [0.15, 0.2) is 18.2 Å². The maximum Gasteiger partial charge on any atom is 0.328 e. The van der Waals surface area contributed by atoms with E-state index < -0.39 is 29.8 Å². The molecule has 0 spiro atoms. The van der Waals surface area contributed by atoms with E-state index in [-0.39, 0.29) is 24.3 Å². The first kappa shape index (κ1) is 15.2. The van der Waals surface area contributed by atoms with Crippen molar-refractivity contribution in [1.82, 2.24) is 4.90 Å². The number of ether oxygens (including phenoxy) is 2. The first-order chi connectivity index (χ1) is 9.97. The van der Waals surface area contributed by atoms with E-state index in [0.29, 0.717) is 0 Å². The van der Waals surface area contributed by atoms with Gasteiger partial charge >= 0.3 is 5.97 Å². The molecule has 1 heterocycles. The molecule has 1 amide bonds. The van der Waals surface area contributed by atoms with Crippen LogP contribution in [0.3, 0.4) is 0 Å². The molecule has 6 nitrogen and oxygen atoms in total. The minimum atomic E-state index is -0.839. The summed E-state index contributed by atoms with van der Waals surface area (Å²) in [5, 5.41) is 9.67. The van der Waals surface area contributed by atoms with Crippen LogP contribution < -0.4 is 4.74 Å². The summed E-state index contributed by atoms with van der Waals surface area (Å²) in [5.41, 5.74) is 0.177. The molecule has 1 aliphatic heterocycles. The summed E-state index contributed by atoms with van der Waals surface area (Å²) in [6.45, 7) is 0.0261. The molecule has 114 valence electrons. The third-order valence-corrected chi connectivity index (χ3v) is 3.41. The van der Waals surface area contributed by atoms with Crippen molar-refractivity contribution in [1.29, 1.82) is 0 Å². The van der Waals surface area contributed by atoms with Crippen LogP contribution in [0.2, 0.25) is 0 Å². The normalized spacial score (nSPS) is 21.2. The lowest BCUT2D eigenvalue weighted by atomic mass is 10.1. The summed E-state index contributed by atoms with van der Waals surface area (Å²) in [6.07, 6.45) is -0.670. The molecule has 21 heavy (non-hydrogen) atoms. The first-order valence-electron chi connectivity index (χ1n) is 6.38. The molecule has 2 rings (SSSR count). The number of amides is 1. The van der Waals surface area contributed by atoms with Crippen LogP contribution in [-0.2, 0) is 9.53 Å². The van der Waals surface area contributed by atoms with Crippen molar-refractivity contribution in [2.75, 3.05) is 20.8 Å². The second-order valence-electron chi connectivity index (χ2n) is 4.74. The second-order valence-corrected chi connectivity index (χ2v) is 4.74. The topological polar surface area (TPSA) is 76.1 Å². The van der Waals surface area contributed by atoms with Gasteiger partial charge in [-0.2, -0.15) is 0 Å². The van der Waals surface area contributed by atoms with Gasteiger partial charge in [0, 0.05) is 18.5 Å². The van der Waals surface area contributed by atoms with Gasteiger partial charge in [0.05, 0.1) is 20.3 Å². The van der Waals surface area contributed by atoms with E-state index in [1.54, 1.807) is 0 Å². The summed E-state index contributed by atoms with van der Waals surface area (Å²) in [6, 6.07) is 2.84. The molecule has 1 fully saturated rings. The Hall–Kier alpha value is -2.15. The number of esters is 1. The van der Waals surface area contributed by atoms with Crippen molar-refractivity contribution < 1.29 is 28.6 Å². The number of methoxy groups -OCH3 is 2. The average Bonchev–Trinajstić information content (AvgIpc) is 2.88. The average molecular weight is 297 g/mol. The zero-order valence-corrected chi connectivity index (χ0v) is 11.7. The fourth-order valence-corrected chi connectivity index (χ4v) is 2.36. The van der Waals surface area contributed by atoms with Gasteiger partial charge in [-0.05, 0) is 18.2 Å². The van der Waals surface area contributed by atoms with Crippen LogP contribution >= 0.6 is 0 Å². The van der Waals surface area contributed by atoms with Crippen LogP contribution in [0.5, 0.6) is 5.75 Å². The number of β-amino-alcohol motifs (C(OH)–C–C–N with tert-alkyl or cyclic N) is 1. The van der Waals surface area contributed by atoms with Crippen LogP contribution in [0.4, 0.5) is 4.39 Å². The number of rotatable bonds is 3. The highest BCUT2D eigenvalue weighted by molar-refractivity contribution is 5.97. The first-order valence-corrected chi connectivity index (χ1v) is 6.38. The van der Waals surface area contributed by atoms with Gasteiger partial charge in [-0.1, -0.05) is 0 Å². The van der Waals surface area contributed by atoms with Crippen LogP contribution in [-0.4, -0.2) is 54.8 Å². The molecule has 1 aromatic carbocycles. The van der Waals surface area contributed by atoms with E-state index in [2.05, 4.69) is 4.74 Å². The van der Waals surface area contributed by atoms with E-state index in [1.807, 2.05) is 0 Å². The van der Waals surface area contributed by atoms with Crippen molar-refractivity contribution in [2.24, 2.45) is 0 Å². The number of halogens is 1. The SMILES string of the molecule is COC(=O)C1CC(O)CN1C(=O)c1ccc(F)c(OC)c1. The third kappa shape index (κ3) is 2.97. The van der Waals surface area contributed by atoms with Gasteiger partial charge in [-0.25, -0.2) is 9.18 Å². The molecular weight excluding hydrogens is 281 g/mol. The number of benzene rings is 1. The number of aliphatic hydroxyl groups excluding tert-OH is 1. The lowest BCUT2D eigenvalue weighted by Gasteiger charge is -2.22. The van der Waals surface area contributed by atoms with E-state index in [9.17, 15) is 19.1 Å². The molecule has 1 aliphatic rings. The van der Waals surface area contributed by atoms with Crippen molar-refractivity contribution in [3.8, 4) is 5.75 Å². The van der Waals surface area contributed by atoms with Crippen molar-refractivity contribution in [3.63, 3.8) is 0 Å². The van der Waals surface area contributed by atoms with Gasteiger partial charge in [0.1, 0.15) is 6.04 Å². The molecule has 1 aromatic rings. The highest BCUT2D eigenvalue weighted by Crippen LogP contribution is 2.24. The van der Waals surface area contributed by atoms with Crippen LogP contribution in [0.25, 0.3) is 0 Å². The predicted molar refractivity (Wildman–Crippen MR) is 70.4 cm³/mol. The molecule has 0 aromatic heterocycles. The number of likely N-dealkylation sites (tertiary alicyclic amines) is 1. The predicted octanol–water partition coefficient (Wildman–Crippen LogP) is 0.583. The number of aliphatic hydroxyl groups is 1. The van der Waals surface area contributed by atoms with Gasteiger partial charge in [-0.15, -0.1) is 0 Å². The van der Waals surface area contributed by atoms with Gasteiger partial charge in [0.2, 0.25) is 0 Å². The fourth-order valence-electron chi connectivity index (χ4n) is 2.36. The molecule has 0 saturated carbocycles. The molecule has 1 N–H and O–H groups in total. The van der Waals surface area contributed by atoms with Crippen molar-refractivity contribution in [2.45, 2.75) is 18.6 Å². The number of hydrogen-bond acceptors (Lipinski definition) is 5. The summed E-state index contributed by atoms with van der Waals surface area (Å²) in [4.78, 5) is 25.3. The third-order valence-electron chi connectivity index (χ3n) is 3.41. The smallest absolute Gasteiger partial charge is 0.328 e. The van der Waals surface area contributed by atoms with Crippen molar-refractivity contribution in [3.05, 3.63) is 29.6 Å². The Bertz CT molecular complexity index is 562. The van der Waals surface area contributed by atoms with Gasteiger partial charge < -0.3 is 19.5 Å². The summed E-state index contributed by atoms with van der Waals surface area (Å²) < 4.78 is 22.8. The van der Waals surface area contributed by atoms with E-state index >= 15 is 0 Å². The Morgan fingerprint density at radius 1 is 1.38 bits per heavy atom. The van der Waals surface area contributed by atoms with E-state index in [4.69, 9.17) is 4.74 Å². The quantitative estimate of drug-likeness (QED) is 0.826. The Kier molecular flexibility index (Phi) is 4.42. The minimum Gasteiger partial charge on any atom is -0.494 e. The maximum atomic E-state index is 13.4. The van der Waals surface area contributed by atoms with Crippen LogP contribution in [0, 0.1) is 5.82 Å². The van der Waals surface area contributed by atoms with Gasteiger partial charge in [0.25, 0.3) is 5.91 Å². The second kappa shape index (κ2) is 6.09. The highest BCUT2D eigenvalue weighted by Gasteiger charge is 2.40.